The first-order valence-corrected chi connectivity index (χ1v) is 8.74. The van der Waals surface area contributed by atoms with E-state index in [1.54, 1.807) is 12.2 Å². The number of carbonyl (C=O) groups excluding carboxylic acids is 1. The lowest BCUT2D eigenvalue weighted by Gasteiger charge is -2.57. The molecule has 0 heterocycles. The van der Waals surface area contributed by atoms with Crippen molar-refractivity contribution in [1.29, 1.82) is 0 Å². The van der Waals surface area contributed by atoms with E-state index in [9.17, 15) is 15.1 Å². The molecule has 0 aromatic rings. The minimum atomic E-state index is -0.428. The molecule has 0 aromatic heterocycles. The van der Waals surface area contributed by atoms with E-state index in [1.165, 1.54) is 5.57 Å². The smallest absolute Gasteiger partial charge is 0.178 e. The van der Waals surface area contributed by atoms with Gasteiger partial charge in [0.1, 0.15) is 0 Å². The molecule has 0 radical (unpaired) electrons. The van der Waals surface area contributed by atoms with Crippen molar-refractivity contribution in [2.75, 3.05) is 0 Å². The monoisotopic (exact) mass is 315 g/mol. The van der Waals surface area contributed by atoms with E-state index < -0.39 is 6.10 Å². The van der Waals surface area contributed by atoms with E-state index in [2.05, 4.69) is 19.0 Å². The van der Waals surface area contributed by atoms with Crippen LogP contribution in [-0.4, -0.2) is 27.9 Å². The van der Waals surface area contributed by atoms with Crippen LogP contribution in [0.25, 0.3) is 0 Å². The summed E-state index contributed by atoms with van der Waals surface area (Å²) in [5.74, 6) is 1.11. The van der Waals surface area contributed by atoms with Crippen LogP contribution in [0.1, 0.15) is 46.0 Å². The third-order valence-corrected chi connectivity index (χ3v) is 7.36. The quantitative estimate of drug-likeness (QED) is 0.533. The first-order valence-electron chi connectivity index (χ1n) is 8.74. The van der Waals surface area contributed by atoms with Crippen molar-refractivity contribution in [2.24, 2.45) is 33.7 Å². The predicted octanol–water partition coefficient (Wildman–Crippen LogP) is 3.10. The lowest BCUT2D eigenvalue weighted by atomic mass is 9.47. The maximum absolute atomic E-state index is 11.7. The minimum Gasteiger partial charge on any atom is -0.411 e. The highest BCUT2D eigenvalue weighted by Gasteiger charge is 2.60. The Labute approximate surface area is 137 Å². The molecule has 4 nitrogen and oxygen atoms in total. The minimum absolute atomic E-state index is 0.0710. The molecule has 4 heteroatoms. The summed E-state index contributed by atoms with van der Waals surface area (Å²) in [5.41, 5.74) is 1.65. The van der Waals surface area contributed by atoms with Crippen LogP contribution in [0, 0.1) is 28.6 Å². The summed E-state index contributed by atoms with van der Waals surface area (Å²) in [6.45, 7) is 4.34. The fourth-order valence-corrected chi connectivity index (χ4v) is 6.28. The van der Waals surface area contributed by atoms with Gasteiger partial charge in [-0.15, -0.1) is 0 Å². The summed E-state index contributed by atoms with van der Waals surface area (Å²) in [6.07, 6.45) is 9.53. The second-order valence-electron chi connectivity index (χ2n) is 8.30. The van der Waals surface area contributed by atoms with Crippen LogP contribution in [0.3, 0.4) is 0 Å². The maximum Gasteiger partial charge on any atom is 0.178 e. The van der Waals surface area contributed by atoms with Crippen LogP contribution in [0.5, 0.6) is 0 Å². The molecule has 3 saturated carbocycles. The number of rotatable bonds is 0. The Bertz CT molecular complexity index is 649. The van der Waals surface area contributed by atoms with Crippen molar-refractivity contribution >= 4 is 11.5 Å². The zero-order chi connectivity index (χ0) is 16.4. The summed E-state index contributed by atoms with van der Waals surface area (Å²) in [5, 5.41) is 23.9. The van der Waals surface area contributed by atoms with Gasteiger partial charge in [0.25, 0.3) is 0 Å². The zero-order valence-electron chi connectivity index (χ0n) is 13.8. The first-order chi connectivity index (χ1) is 10.9. The average Bonchev–Trinajstić information content (AvgIpc) is 2.83. The number of hydrogen-bond acceptors (Lipinski definition) is 4. The molecule has 0 saturated heterocycles. The van der Waals surface area contributed by atoms with E-state index in [-0.39, 0.29) is 22.5 Å². The van der Waals surface area contributed by atoms with Gasteiger partial charge in [-0.05, 0) is 56.1 Å². The number of allylic oxidation sites excluding steroid dienone is 4. The number of hydrogen-bond donors (Lipinski definition) is 2. The molecule has 0 aliphatic heterocycles. The molecule has 0 unspecified atom stereocenters. The first kappa shape index (κ1) is 15.1. The van der Waals surface area contributed by atoms with Gasteiger partial charge in [0.2, 0.25) is 0 Å². The second kappa shape index (κ2) is 4.79. The Morgan fingerprint density at radius 1 is 1.26 bits per heavy atom. The number of carbonyl (C=O) groups is 1. The molecule has 124 valence electrons. The van der Waals surface area contributed by atoms with Gasteiger partial charge in [0.05, 0.1) is 11.8 Å². The lowest BCUT2D eigenvalue weighted by Crippen LogP contribution is -2.56. The number of nitrogens with zero attached hydrogens (tertiary/aromatic N) is 1. The number of ketones is 1. The summed E-state index contributed by atoms with van der Waals surface area (Å²) in [7, 11) is 0. The Morgan fingerprint density at radius 2 is 2.04 bits per heavy atom. The molecule has 3 fully saturated rings. The molecule has 4 aliphatic rings. The number of fused-ring (bicyclic) bond motifs is 5. The Balaban J connectivity index is 1.76. The van der Waals surface area contributed by atoms with Crippen molar-refractivity contribution in [2.45, 2.75) is 52.1 Å². The highest BCUT2D eigenvalue weighted by molar-refractivity contribution is 6.01. The highest BCUT2D eigenvalue weighted by atomic mass is 16.4. The van der Waals surface area contributed by atoms with Crippen molar-refractivity contribution in [3.8, 4) is 0 Å². The molecule has 6 atom stereocenters. The summed E-state index contributed by atoms with van der Waals surface area (Å²) >= 11 is 0. The SMILES string of the molecule is C[C@]12C=CC(=O)C=C1CC[C@@H]1[C@@H]2[C@@H](O)C[C@]2(C)C(=NO)CC[C@@H]12. The molecule has 0 spiro atoms. The van der Waals surface area contributed by atoms with Gasteiger partial charge in [0.15, 0.2) is 5.78 Å². The standard InChI is InChI=1S/C19H25NO3/c1-18-8-7-12(21)9-11(18)3-4-13-14-5-6-16(20-23)19(14,2)10-15(22)17(13)18/h7-9,13-15,17,22-23H,3-6,10H2,1-2H3/t13-,14-,15-,17+,18-,19-/m0/s1. The van der Waals surface area contributed by atoms with Crippen LogP contribution in [0.15, 0.2) is 29.0 Å². The number of aliphatic hydroxyl groups is 1. The fourth-order valence-electron chi connectivity index (χ4n) is 6.28. The molecule has 0 amide bonds. The third-order valence-electron chi connectivity index (χ3n) is 7.36. The maximum atomic E-state index is 11.7. The predicted molar refractivity (Wildman–Crippen MR) is 87.2 cm³/mol. The molecule has 0 bridgehead atoms. The van der Waals surface area contributed by atoms with Gasteiger partial charge in [-0.2, -0.15) is 0 Å². The molecular weight excluding hydrogens is 290 g/mol. The van der Waals surface area contributed by atoms with E-state index in [0.717, 1.165) is 31.4 Å². The van der Waals surface area contributed by atoms with Gasteiger partial charge in [-0.3, -0.25) is 4.79 Å². The summed E-state index contributed by atoms with van der Waals surface area (Å²) in [6, 6.07) is 0. The van der Waals surface area contributed by atoms with E-state index in [1.807, 2.05) is 6.08 Å². The second-order valence-corrected chi connectivity index (χ2v) is 8.30. The third kappa shape index (κ3) is 1.87. The normalized spacial score (nSPS) is 50.3. The van der Waals surface area contributed by atoms with Crippen LogP contribution in [0.2, 0.25) is 0 Å². The Hall–Kier alpha value is -1.42. The highest BCUT2D eigenvalue weighted by Crippen LogP contribution is 2.63. The van der Waals surface area contributed by atoms with E-state index >= 15 is 0 Å². The molecule has 2 N–H and O–H groups in total. The molecule has 4 rings (SSSR count). The number of aliphatic hydroxyl groups excluding tert-OH is 1. The topological polar surface area (TPSA) is 69.9 Å². The molecule has 23 heavy (non-hydrogen) atoms. The van der Waals surface area contributed by atoms with Crippen molar-refractivity contribution in [3.05, 3.63) is 23.8 Å². The molecular formula is C19H25NO3. The lowest BCUT2D eigenvalue weighted by molar-refractivity contribution is -0.112. The molecule has 4 aliphatic carbocycles. The summed E-state index contributed by atoms with van der Waals surface area (Å²) in [4.78, 5) is 11.7. The largest absolute Gasteiger partial charge is 0.411 e. The van der Waals surface area contributed by atoms with Crippen molar-refractivity contribution in [3.63, 3.8) is 0 Å². The molecule has 0 aromatic carbocycles. The van der Waals surface area contributed by atoms with Gasteiger partial charge < -0.3 is 10.3 Å². The average molecular weight is 315 g/mol. The van der Waals surface area contributed by atoms with Crippen LogP contribution in [-0.2, 0) is 4.79 Å². The Kier molecular flexibility index (Phi) is 3.15. The van der Waals surface area contributed by atoms with Crippen molar-refractivity contribution < 1.29 is 15.1 Å². The fraction of sp³-hybridized carbons (Fsp3) is 0.684. The summed E-state index contributed by atoms with van der Waals surface area (Å²) < 4.78 is 0. The van der Waals surface area contributed by atoms with Crippen LogP contribution >= 0.6 is 0 Å². The van der Waals surface area contributed by atoms with E-state index in [4.69, 9.17) is 0 Å². The van der Waals surface area contributed by atoms with Gasteiger partial charge in [-0.25, -0.2) is 0 Å². The van der Waals surface area contributed by atoms with Crippen LogP contribution < -0.4 is 0 Å². The van der Waals surface area contributed by atoms with Crippen molar-refractivity contribution in [1.82, 2.24) is 0 Å². The number of oxime groups is 1. The zero-order valence-corrected chi connectivity index (χ0v) is 13.8. The van der Waals surface area contributed by atoms with Gasteiger partial charge in [0, 0.05) is 16.7 Å². The van der Waals surface area contributed by atoms with Crippen LogP contribution in [0.4, 0.5) is 0 Å². The van der Waals surface area contributed by atoms with Gasteiger partial charge >= 0.3 is 0 Å². The Morgan fingerprint density at radius 3 is 2.78 bits per heavy atom. The van der Waals surface area contributed by atoms with E-state index in [0.29, 0.717) is 18.3 Å². The van der Waals surface area contributed by atoms with Gasteiger partial charge in [-0.1, -0.05) is 30.7 Å².